The molecule has 0 aliphatic rings. The molecular formula is C14H25NOS. The van der Waals surface area contributed by atoms with E-state index in [0.29, 0.717) is 6.04 Å². The van der Waals surface area contributed by atoms with Crippen LogP contribution in [0.3, 0.4) is 0 Å². The fourth-order valence-corrected chi connectivity index (χ4v) is 2.71. The van der Waals surface area contributed by atoms with Crippen LogP contribution < -0.4 is 5.32 Å². The molecule has 0 radical (unpaired) electrons. The van der Waals surface area contributed by atoms with Crippen molar-refractivity contribution in [3.63, 3.8) is 0 Å². The van der Waals surface area contributed by atoms with E-state index in [0.717, 1.165) is 26.2 Å². The van der Waals surface area contributed by atoms with Crippen molar-refractivity contribution in [3.8, 4) is 0 Å². The molecule has 0 amide bonds. The fraction of sp³-hybridized carbons (Fsp3) is 0.714. The van der Waals surface area contributed by atoms with Gasteiger partial charge in [0.05, 0.1) is 6.61 Å². The SMILES string of the molecule is CCCCOCCNC(C)Cc1ccc(C)s1. The second kappa shape index (κ2) is 8.67. The van der Waals surface area contributed by atoms with Gasteiger partial charge >= 0.3 is 0 Å². The van der Waals surface area contributed by atoms with E-state index < -0.39 is 0 Å². The highest BCUT2D eigenvalue weighted by Gasteiger charge is 2.04. The van der Waals surface area contributed by atoms with Gasteiger partial charge < -0.3 is 10.1 Å². The van der Waals surface area contributed by atoms with Gasteiger partial charge in [0.2, 0.25) is 0 Å². The minimum Gasteiger partial charge on any atom is -0.380 e. The van der Waals surface area contributed by atoms with Crippen LogP contribution in [0.25, 0.3) is 0 Å². The molecule has 1 N–H and O–H groups in total. The maximum absolute atomic E-state index is 5.52. The maximum atomic E-state index is 5.52. The van der Waals surface area contributed by atoms with Crippen LogP contribution in [0.4, 0.5) is 0 Å². The van der Waals surface area contributed by atoms with Crippen molar-refractivity contribution in [2.24, 2.45) is 0 Å². The Bertz CT molecular complexity index is 298. The predicted octanol–water partition coefficient (Wildman–Crippen LogP) is 3.39. The van der Waals surface area contributed by atoms with Gasteiger partial charge in [-0.2, -0.15) is 0 Å². The van der Waals surface area contributed by atoms with Crippen molar-refractivity contribution < 1.29 is 4.74 Å². The van der Waals surface area contributed by atoms with Crippen molar-refractivity contribution in [1.82, 2.24) is 5.32 Å². The minimum atomic E-state index is 0.530. The van der Waals surface area contributed by atoms with Crippen LogP contribution in [0.5, 0.6) is 0 Å². The third-order valence-electron chi connectivity index (χ3n) is 2.68. The van der Waals surface area contributed by atoms with Gasteiger partial charge in [-0.3, -0.25) is 0 Å². The third-order valence-corrected chi connectivity index (χ3v) is 3.71. The highest BCUT2D eigenvalue weighted by Crippen LogP contribution is 2.16. The molecule has 1 aromatic rings. The Morgan fingerprint density at radius 2 is 2.18 bits per heavy atom. The molecule has 1 aromatic heterocycles. The maximum Gasteiger partial charge on any atom is 0.0591 e. The van der Waals surface area contributed by atoms with E-state index in [4.69, 9.17) is 4.74 Å². The summed E-state index contributed by atoms with van der Waals surface area (Å²) in [5.41, 5.74) is 0. The molecule has 0 aromatic carbocycles. The zero-order chi connectivity index (χ0) is 12.5. The van der Waals surface area contributed by atoms with Crippen molar-refractivity contribution in [2.45, 2.75) is 46.1 Å². The Kier molecular flexibility index (Phi) is 7.49. The Balaban J connectivity index is 2.03. The van der Waals surface area contributed by atoms with Crippen LogP contribution in [0.15, 0.2) is 12.1 Å². The second-order valence-corrected chi connectivity index (χ2v) is 5.91. The normalized spacial score (nSPS) is 12.9. The zero-order valence-corrected chi connectivity index (χ0v) is 12.1. The summed E-state index contributed by atoms with van der Waals surface area (Å²) in [7, 11) is 0. The molecule has 3 heteroatoms. The molecule has 1 heterocycles. The molecule has 0 spiro atoms. The first-order valence-electron chi connectivity index (χ1n) is 6.58. The summed E-state index contributed by atoms with van der Waals surface area (Å²) in [5, 5.41) is 3.50. The first-order chi connectivity index (χ1) is 8.22. The number of aryl methyl sites for hydroxylation is 1. The van der Waals surface area contributed by atoms with E-state index >= 15 is 0 Å². The molecule has 17 heavy (non-hydrogen) atoms. The van der Waals surface area contributed by atoms with Gasteiger partial charge in [0, 0.05) is 28.9 Å². The first-order valence-corrected chi connectivity index (χ1v) is 7.40. The molecule has 0 bridgehead atoms. The summed E-state index contributed by atoms with van der Waals surface area (Å²) in [6.07, 6.45) is 3.50. The number of rotatable bonds is 9. The fourth-order valence-electron chi connectivity index (χ4n) is 1.69. The van der Waals surface area contributed by atoms with Crippen molar-refractivity contribution in [1.29, 1.82) is 0 Å². The highest BCUT2D eigenvalue weighted by molar-refractivity contribution is 7.11. The Hall–Kier alpha value is -0.380. The monoisotopic (exact) mass is 255 g/mol. The number of thiophene rings is 1. The highest BCUT2D eigenvalue weighted by atomic mass is 32.1. The average Bonchev–Trinajstić information content (AvgIpc) is 2.69. The molecule has 2 nitrogen and oxygen atoms in total. The van der Waals surface area contributed by atoms with Gasteiger partial charge in [-0.05, 0) is 38.8 Å². The molecular weight excluding hydrogens is 230 g/mol. The number of ether oxygens (including phenoxy) is 1. The summed E-state index contributed by atoms with van der Waals surface area (Å²) in [6.45, 7) is 9.27. The lowest BCUT2D eigenvalue weighted by molar-refractivity contribution is 0.131. The molecule has 1 rings (SSSR count). The third kappa shape index (κ3) is 6.81. The van der Waals surface area contributed by atoms with Crippen LogP contribution in [0, 0.1) is 6.92 Å². The van der Waals surface area contributed by atoms with E-state index in [1.807, 2.05) is 11.3 Å². The van der Waals surface area contributed by atoms with Gasteiger partial charge in [0.1, 0.15) is 0 Å². The van der Waals surface area contributed by atoms with Gasteiger partial charge in [0.25, 0.3) is 0 Å². The van der Waals surface area contributed by atoms with Crippen molar-refractivity contribution >= 4 is 11.3 Å². The van der Waals surface area contributed by atoms with Gasteiger partial charge in [-0.15, -0.1) is 11.3 Å². The number of unbranched alkanes of at least 4 members (excludes halogenated alkanes) is 1. The number of hydrogen-bond donors (Lipinski definition) is 1. The van der Waals surface area contributed by atoms with Crippen LogP contribution >= 0.6 is 11.3 Å². The Morgan fingerprint density at radius 3 is 2.82 bits per heavy atom. The van der Waals surface area contributed by atoms with E-state index in [2.05, 4.69) is 38.2 Å². The first kappa shape index (κ1) is 14.7. The second-order valence-electron chi connectivity index (χ2n) is 4.54. The standard InChI is InChI=1S/C14H25NOS/c1-4-5-9-16-10-8-15-12(2)11-14-7-6-13(3)17-14/h6-7,12,15H,4-5,8-11H2,1-3H3. The predicted molar refractivity (Wildman–Crippen MR) is 76.0 cm³/mol. The Labute approximate surface area is 109 Å². The zero-order valence-electron chi connectivity index (χ0n) is 11.3. The Morgan fingerprint density at radius 1 is 1.35 bits per heavy atom. The van der Waals surface area contributed by atoms with E-state index in [-0.39, 0.29) is 0 Å². The summed E-state index contributed by atoms with van der Waals surface area (Å²) in [5.74, 6) is 0. The summed E-state index contributed by atoms with van der Waals surface area (Å²) < 4.78 is 5.52. The van der Waals surface area contributed by atoms with Crippen LogP contribution in [0.1, 0.15) is 36.4 Å². The lowest BCUT2D eigenvalue weighted by Crippen LogP contribution is -2.31. The molecule has 0 saturated carbocycles. The quantitative estimate of drug-likeness (QED) is 0.683. The van der Waals surface area contributed by atoms with Crippen LogP contribution in [0.2, 0.25) is 0 Å². The molecule has 98 valence electrons. The van der Waals surface area contributed by atoms with Crippen molar-refractivity contribution in [3.05, 3.63) is 21.9 Å². The van der Waals surface area contributed by atoms with Crippen molar-refractivity contribution in [2.75, 3.05) is 19.8 Å². The van der Waals surface area contributed by atoms with Crippen LogP contribution in [-0.4, -0.2) is 25.8 Å². The molecule has 0 saturated heterocycles. The van der Waals surface area contributed by atoms with Gasteiger partial charge in [0.15, 0.2) is 0 Å². The topological polar surface area (TPSA) is 21.3 Å². The lowest BCUT2D eigenvalue weighted by Gasteiger charge is -2.12. The summed E-state index contributed by atoms with van der Waals surface area (Å²) >= 11 is 1.90. The average molecular weight is 255 g/mol. The van der Waals surface area contributed by atoms with Crippen LogP contribution in [-0.2, 0) is 11.2 Å². The summed E-state index contributed by atoms with van der Waals surface area (Å²) in [4.78, 5) is 2.87. The minimum absolute atomic E-state index is 0.530. The molecule has 0 aliphatic heterocycles. The summed E-state index contributed by atoms with van der Waals surface area (Å²) in [6, 6.07) is 4.96. The molecule has 1 unspecified atom stereocenters. The molecule has 0 fully saturated rings. The van der Waals surface area contributed by atoms with Gasteiger partial charge in [-0.1, -0.05) is 13.3 Å². The van der Waals surface area contributed by atoms with E-state index in [9.17, 15) is 0 Å². The molecule has 1 atom stereocenters. The smallest absolute Gasteiger partial charge is 0.0591 e. The molecule has 0 aliphatic carbocycles. The van der Waals surface area contributed by atoms with Gasteiger partial charge in [-0.25, -0.2) is 0 Å². The largest absolute Gasteiger partial charge is 0.380 e. The number of nitrogens with one attached hydrogen (secondary N) is 1. The van der Waals surface area contributed by atoms with E-state index in [1.54, 1.807) is 0 Å². The number of hydrogen-bond acceptors (Lipinski definition) is 3. The van der Waals surface area contributed by atoms with E-state index in [1.165, 1.54) is 22.6 Å². The lowest BCUT2D eigenvalue weighted by atomic mass is 10.2.